The normalized spacial score (nSPS) is 27.9. The first-order chi connectivity index (χ1) is 15.2. The molecule has 2 bridgehead atoms. The van der Waals surface area contributed by atoms with Gasteiger partial charge in [0.05, 0.1) is 17.0 Å². The SMILES string of the molecule is CN(C(=O)C12CCC(CS(=O)(=O)c3ccc(OC/C(=C/F)CN)cc3)(CC1)CC2)C1CC1. The van der Waals surface area contributed by atoms with Gasteiger partial charge in [0.2, 0.25) is 5.91 Å². The van der Waals surface area contributed by atoms with Gasteiger partial charge >= 0.3 is 0 Å². The molecular formula is C24H33FN2O4S. The fraction of sp³-hybridized carbons (Fsp3) is 0.625. The number of nitrogens with zero attached hydrogens (tertiary/aromatic N) is 1. The van der Waals surface area contributed by atoms with Crippen molar-refractivity contribution in [2.24, 2.45) is 16.6 Å². The maximum atomic E-state index is 13.2. The molecule has 0 heterocycles. The van der Waals surface area contributed by atoms with Crippen LogP contribution in [-0.4, -0.2) is 51.2 Å². The molecule has 1 amide bonds. The number of carbonyl (C=O) groups is 1. The summed E-state index contributed by atoms with van der Waals surface area (Å²) >= 11 is 0. The molecule has 0 atom stereocenters. The highest BCUT2D eigenvalue weighted by Crippen LogP contribution is 2.58. The molecule has 32 heavy (non-hydrogen) atoms. The second-order valence-electron chi connectivity index (χ2n) is 9.92. The van der Waals surface area contributed by atoms with Crippen molar-refractivity contribution >= 4 is 15.7 Å². The molecule has 0 aliphatic heterocycles. The van der Waals surface area contributed by atoms with Gasteiger partial charge < -0.3 is 15.4 Å². The lowest BCUT2D eigenvalue weighted by atomic mass is 9.54. The third kappa shape index (κ3) is 4.57. The standard InChI is InChI=1S/C24H33FN2O4S/c1-27(19-2-3-19)22(28)24-11-8-23(9-12-24,10-13-24)17-32(29,30)21-6-4-20(5-7-21)31-16-18(14-25)15-26/h4-7,14,19H,2-3,8-13,15-17,26H2,1H3/b18-14+. The average Bonchev–Trinajstić information content (AvgIpc) is 3.65. The summed E-state index contributed by atoms with van der Waals surface area (Å²) in [7, 11) is -1.54. The second-order valence-corrected chi connectivity index (χ2v) is 11.9. The number of rotatable bonds is 9. The van der Waals surface area contributed by atoms with Gasteiger partial charge in [-0.1, -0.05) is 0 Å². The van der Waals surface area contributed by atoms with Crippen molar-refractivity contribution in [3.63, 3.8) is 0 Å². The van der Waals surface area contributed by atoms with Gasteiger partial charge in [-0.05, 0) is 81.0 Å². The van der Waals surface area contributed by atoms with Crippen molar-refractivity contribution in [3.05, 3.63) is 36.2 Å². The van der Waals surface area contributed by atoms with Gasteiger partial charge in [0.15, 0.2) is 9.84 Å². The lowest BCUT2D eigenvalue weighted by Gasteiger charge is -2.53. The lowest BCUT2D eigenvalue weighted by Crippen LogP contribution is -2.52. The number of halogens is 1. The number of nitrogens with two attached hydrogens (primary N) is 1. The highest BCUT2D eigenvalue weighted by Gasteiger charge is 2.55. The predicted molar refractivity (Wildman–Crippen MR) is 121 cm³/mol. The Morgan fingerprint density at radius 2 is 1.75 bits per heavy atom. The van der Waals surface area contributed by atoms with Crippen LogP contribution in [0.15, 0.2) is 41.1 Å². The minimum atomic E-state index is -3.47. The monoisotopic (exact) mass is 464 g/mol. The van der Waals surface area contributed by atoms with Crippen LogP contribution in [0.3, 0.4) is 0 Å². The van der Waals surface area contributed by atoms with E-state index in [1.54, 1.807) is 24.3 Å². The third-order valence-electron chi connectivity index (χ3n) is 7.79. The molecule has 4 fully saturated rings. The van der Waals surface area contributed by atoms with E-state index in [4.69, 9.17) is 10.5 Å². The van der Waals surface area contributed by atoms with Gasteiger partial charge in [-0.15, -0.1) is 0 Å². The van der Waals surface area contributed by atoms with Gasteiger partial charge in [0.25, 0.3) is 0 Å². The van der Waals surface area contributed by atoms with E-state index in [9.17, 15) is 17.6 Å². The molecule has 4 aliphatic carbocycles. The summed E-state index contributed by atoms with van der Waals surface area (Å²) in [6.45, 7) is 0.0907. The Labute approximate surface area is 189 Å². The van der Waals surface area contributed by atoms with E-state index in [1.807, 2.05) is 11.9 Å². The number of sulfone groups is 1. The van der Waals surface area contributed by atoms with E-state index in [2.05, 4.69) is 0 Å². The Morgan fingerprint density at radius 3 is 2.25 bits per heavy atom. The van der Waals surface area contributed by atoms with Gasteiger partial charge in [-0.25, -0.2) is 12.8 Å². The maximum absolute atomic E-state index is 13.2. The van der Waals surface area contributed by atoms with Crippen LogP contribution in [0.4, 0.5) is 4.39 Å². The fourth-order valence-electron chi connectivity index (χ4n) is 5.34. The minimum absolute atomic E-state index is 0.0264. The van der Waals surface area contributed by atoms with Crippen LogP contribution >= 0.6 is 0 Å². The van der Waals surface area contributed by atoms with Crippen molar-refractivity contribution in [3.8, 4) is 5.75 Å². The van der Waals surface area contributed by atoms with Crippen LogP contribution in [-0.2, 0) is 14.6 Å². The van der Waals surface area contributed by atoms with E-state index in [1.165, 1.54) is 0 Å². The third-order valence-corrected chi connectivity index (χ3v) is 9.77. The van der Waals surface area contributed by atoms with Crippen molar-refractivity contribution < 1.29 is 22.3 Å². The minimum Gasteiger partial charge on any atom is -0.489 e. The Kier molecular flexibility index (Phi) is 6.38. The molecular weight excluding hydrogens is 431 g/mol. The number of amides is 1. The van der Waals surface area contributed by atoms with Gasteiger partial charge in [0.1, 0.15) is 12.4 Å². The lowest BCUT2D eigenvalue weighted by molar-refractivity contribution is -0.150. The molecule has 4 saturated carbocycles. The highest BCUT2D eigenvalue weighted by atomic mass is 32.2. The average molecular weight is 465 g/mol. The predicted octanol–water partition coefficient (Wildman–Crippen LogP) is 3.61. The Bertz CT molecular complexity index is 961. The molecule has 8 heteroatoms. The summed E-state index contributed by atoms with van der Waals surface area (Å²) in [6, 6.07) is 6.69. The van der Waals surface area contributed by atoms with Crippen molar-refractivity contribution in [2.75, 3.05) is 26.0 Å². The van der Waals surface area contributed by atoms with Crippen molar-refractivity contribution in [1.29, 1.82) is 0 Å². The number of ether oxygens (including phenoxy) is 1. The van der Waals surface area contributed by atoms with Gasteiger partial charge in [-0.2, -0.15) is 0 Å². The van der Waals surface area contributed by atoms with Crippen molar-refractivity contribution in [2.45, 2.75) is 62.3 Å². The molecule has 0 radical (unpaired) electrons. The van der Waals surface area contributed by atoms with Gasteiger partial charge in [0, 0.05) is 30.6 Å². The molecule has 176 valence electrons. The fourth-order valence-corrected chi connectivity index (χ4v) is 7.30. The number of benzene rings is 1. The Morgan fingerprint density at radius 1 is 1.16 bits per heavy atom. The molecule has 1 aromatic rings. The summed E-state index contributed by atoms with van der Waals surface area (Å²) in [5, 5.41) is 0. The van der Waals surface area contributed by atoms with Crippen LogP contribution in [0.25, 0.3) is 0 Å². The molecule has 6 nitrogen and oxygen atoms in total. The summed E-state index contributed by atoms with van der Waals surface area (Å²) < 4.78 is 44.4. The second kappa shape index (κ2) is 8.78. The first-order valence-corrected chi connectivity index (χ1v) is 13.1. The number of hydrogen-bond acceptors (Lipinski definition) is 5. The zero-order valence-corrected chi connectivity index (χ0v) is 19.5. The van der Waals surface area contributed by atoms with Crippen LogP contribution in [0.5, 0.6) is 5.75 Å². The smallest absolute Gasteiger partial charge is 0.228 e. The quantitative estimate of drug-likeness (QED) is 0.603. The van der Waals surface area contributed by atoms with Crippen molar-refractivity contribution in [1.82, 2.24) is 4.90 Å². The summed E-state index contributed by atoms with van der Waals surface area (Å²) in [4.78, 5) is 15.3. The van der Waals surface area contributed by atoms with E-state index < -0.39 is 9.84 Å². The molecule has 5 rings (SSSR count). The van der Waals surface area contributed by atoms with Crippen LogP contribution in [0, 0.1) is 10.8 Å². The molecule has 1 aromatic carbocycles. The Hall–Kier alpha value is -1.93. The number of fused-ring (bicyclic) bond motifs is 3. The first kappa shape index (κ1) is 23.2. The van der Waals surface area contributed by atoms with E-state index in [0.29, 0.717) is 23.7 Å². The molecule has 4 aliphatic rings. The largest absolute Gasteiger partial charge is 0.489 e. The Balaban J connectivity index is 1.38. The number of hydrogen-bond donors (Lipinski definition) is 1. The van der Waals surface area contributed by atoms with Crippen LogP contribution < -0.4 is 10.5 Å². The number of carbonyl (C=O) groups excluding carboxylic acids is 1. The van der Waals surface area contributed by atoms with Crippen LogP contribution in [0.1, 0.15) is 51.4 Å². The van der Waals surface area contributed by atoms with Crippen LogP contribution in [0.2, 0.25) is 0 Å². The zero-order chi connectivity index (χ0) is 23.0. The molecule has 0 saturated heterocycles. The maximum Gasteiger partial charge on any atom is 0.228 e. The molecule has 0 unspecified atom stereocenters. The summed E-state index contributed by atoms with van der Waals surface area (Å²) in [5.41, 5.74) is 5.22. The first-order valence-electron chi connectivity index (χ1n) is 11.4. The molecule has 0 aromatic heterocycles. The topological polar surface area (TPSA) is 89.7 Å². The van der Waals surface area contributed by atoms with Gasteiger partial charge in [-0.3, -0.25) is 4.79 Å². The van der Waals surface area contributed by atoms with E-state index in [-0.39, 0.29) is 40.5 Å². The molecule has 2 N–H and O–H groups in total. The summed E-state index contributed by atoms with van der Waals surface area (Å²) in [5.74, 6) is 0.852. The summed E-state index contributed by atoms with van der Waals surface area (Å²) in [6.07, 6.45) is 7.36. The molecule has 0 spiro atoms. The van der Waals surface area contributed by atoms with E-state index >= 15 is 0 Å². The zero-order valence-electron chi connectivity index (χ0n) is 18.7. The highest BCUT2D eigenvalue weighted by molar-refractivity contribution is 7.91. The van der Waals surface area contributed by atoms with E-state index in [0.717, 1.165) is 51.4 Å².